The van der Waals surface area contributed by atoms with Crippen molar-refractivity contribution in [1.82, 2.24) is 20.5 Å². The molecule has 0 fully saturated rings. The minimum absolute atomic E-state index is 0.237. The highest BCUT2D eigenvalue weighted by atomic mass is 79.9. The van der Waals surface area contributed by atoms with E-state index in [1.54, 1.807) is 6.92 Å². The third-order valence-electron chi connectivity index (χ3n) is 2.36. The van der Waals surface area contributed by atoms with E-state index < -0.39 is 5.82 Å². The summed E-state index contributed by atoms with van der Waals surface area (Å²) >= 11 is 3.21. The Labute approximate surface area is 111 Å². The number of hydrogen-bond donors (Lipinski definition) is 2. The normalized spacial score (nSPS) is 12.2. The molecule has 1 heterocycles. The van der Waals surface area contributed by atoms with Crippen LogP contribution in [0, 0.1) is 5.82 Å². The average Bonchev–Trinajstić information content (AvgIpc) is 2.85. The third kappa shape index (κ3) is 2.73. The number of aromatic nitrogens is 3. The Morgan fingerprint density at radius 2 is 2.33 bits per heavy atom. The fourth-order valence-electron chi connectivity index (χ4n) is 1.44. The topological polar surface area (TPSA) is 70.7 Å². The first kappa shape index (κ1) is 12.7. The van der Waals surface area contributed by atoms with Crippen molar-refractivity contribution in [3.05, 3.63) is 46.2 Å². The van der Waals surface area contributed by atoms with Gasteiger partial charge in [0.25, 0.3) is 5.91 Å². The van der Waals surface area contributed by atoms with E-state index in [0.29, 0.717) is 10.3 Å². The molecule has 94 valence electrons. The molecule has 5 nitrogen and oxygen atoms in total. The summed E-state index contributed by atoms with van der Waals surface area (Å²) in [7, 11) is 0. The predicted octanol–water partition coefficient (Wildman–Crippen LogP) is 2.20. The van der Waals surface area contributed by atoms with Crippen LogP contribution in [0.25, 0.3) is 0 Å². The van der Waals surface area contributed by atoms with Crippen LogP contribution >= 0.6 is 15.9 Å². The fraction of sp³-hybridized carbons (Fsp3) is 0.182. The zero-order valence-electron chi connectivity index (χ0n) is 9.45. The van der Waals surface area contributed by atoms with Crippen LogP contribution in [-0.4, -0.2) is 21.1 Å². The first-order valence-corrected chi connectivity index (χ1v) is 5.98. The second-order valence-corrected chi connectivity index (χ2v) is 4.54. The second-order valence-electron chi connectivity index (χ2n) is 3.69. The summed E-state index contributed by atoms with van der Waals surface area (Å²) < 4.78 is 13.6. The van der Waals surface area contributed by atoms with Gasteiger partial charge in [0.05, 0.1) is 11.6 Å². The number of amides is 1. The smallest absolute Gasteiger partial charge is 0.253 e. The summed E-state index contributed by atoms with van der Waals surface area (Å²) in [5.74, 6) is -0.309. The molecule has 2 rings (SSSR count). The van der Waals surface area contributed by atoms with Crippen LogP contribution in [0.15, 0.2) is 29.0 Å². The monoisotopic (exact) mass is 312 g/mol. The van der Waals surface area contributed by atoms with Crippen LogP contribution in [0.1, 0.15) is 29.1 Å². The maximum Gasteiger partial charge on any atom is 0.253 e. The van der Waals surface area contributed by atoms with Crippen molar-refractivity contribution in [2.24, 2.45) is 0 Å². The quantitative estimate of drug-likeness (QED) is 0.912. The molecule has 0 aliphatic carbocycles. The van der Waals surface area contributed by atoms with Crippen molar-refractivity contribution < 1.29 is 9.18 Å². The molecule has 1 aromatic heterocycles. The van der Waals surface area contributed by atoms with E-state index in [-0.39, 0.29) is 17.5 Å². The maximum absolute atomic E-state index is 13.1. The van der Waals surface area contributed by atoms with Gasteiger partial charge in [-0.1, -0.05) is 0 Å². The molecule has 7 heteroatoms. The number of rotatable bonds is 3. The molecule has 1 aromatic carbocycles. The number of benzene rings is 1. The van der Waals surface area contributed by atoms with Crippen molar-refractivity contribution in [2.75, 3.05) is 0 Å². The molecule has 1 atom stereocenters. The molecule has 0 spiro atoms. The number of carbonyl (C=O) groups excluding carboxylic acids is 1. The average molecular weight is 313 g/mol. The van der Waals surface area contributed by atoms with E-state index in [0.717, 1.165) is 0 Å². The Morgan fingerprint density at radius 1 is 1.56 bits per heavy atom. The number of nitrogens with zero attached hydrogens (tertiary/aromatic N) is 2. The molecule has 0 saturated carbocycles. The molecule has 0 aliphatic rings. The number of nitrogens with one attached hydrogen (secondary N) is 2. The zero-order chi connectivity index (χ0) is 13.1. The lowest BCUT2D eigenvalue weighted by Crippen LogP contribution is -2.27. The molecule has 18 heavy (non-hydrogen) atoms. The number of carbonyl (C=O) groups is 1. The number of hydrogen-bond acceptors (Lipinski definition) is 3. The Kier molecular flexibility index (Phi) is 3.71. The van der Waals surface area contributed by atoms with E-state index in [9.17, 15) is 9.18 Å². The zero-order valence-corrected chi connectivity index (χ0v) is 11.0. The SMILES string of the molecule is CC(NC(=O)c1cc(F)ccc1Br)c1ncn[nH]1. The lowest BCUT2D eigenvalue weighted by atomic mass is 10.2. The van der Waals surface area contributed by atoms with Crippen LogP contribution in [-0.2, 0) is 0 Å². The molecule has 1 unspecified atom stereocenters. The molecule has 0 bridgehead atoms. The molecule has 1 amide bonds. The molecule has 0 saturated heterocycles. The van der Waals surface area contributed by atoms with Gasteiger partial charge in [0.2, 0.25) is 0 Å². The van der Waals surface area contributed by atoms with Crippen molar-refractivity contribution in [3.8, 4) is 0 Å². The van der Waals surface area contributed by atoms with Crippen molar-refractivity contribution in [1.29, 1.82) is 0 Å². The van der Waals surface area contributed by atoms with E-state index in [1.807, 2.05) is 0 Å². The molecule has 2 N–H and O–H groups in total. The first-order valence-electron chi connectivity index (χ1n) is 5.19. The van der Waals surface area contributed by atoms with E-state index in [2.05, 4.69) is 36.4 Å². The Bertz CT molecular complexity index is 558. The highest BCUT2D eigenvalue weighted by Crippen LogP contribution is 2.18. The summed E-state index contributed by atoms with van der Waals surface area (Å²) in [5, 5.41) is 9.05. The lowest BCUT2D eigenvalue weighted by Gasteiger charge is -2.11. The number of halogens is 2. The van der Waals surface area contributed by atoms with Gasteiger partial charge in [0, 0.05) is 4.47 Å². The molecular weight excluding hydrogens is 303 g/mol. The van der Waals surface area contributed by atoms with Gasteiger partial charge in [-0.15, -0.1) is 0 Å². The number of H-pyrrole nitrogens is 1. The Hall–Kier alpha value is -1.76. The van der Waals surface area contributed by atoms with Crippen LogP contribution < -0.4 is 5.32 Å². The lowest BCUT2D eigenvalue weighted by molar-refractivity contribution is 0.0937. The van der Waals surface area contributed by atoms with Gasteiger partial charge in [0.1, 0.15) is 18.0 Å². The maximum atomic E-state index is 13.1. The highest BCUT2D eigenvalue weighted by molar-refractivity contribution is 9.10. The van der Waals surface area contributed by atoms with Crippen molar-refractivity contribution in [3.63, 3.8) is 0 Å². The molecular formula is C11H10BrFN4O. The summed E-state index contributed by atoms with van der Waals surface area (Å²) in [5.41, 5.74) is 0.237. The van der Waals surface area contributed by atoms with Crippen LogP contribution in [0.2, 0.25) is 0 Å². The Morgan fingerprint density at radius 3 is 3.00 bits per heavy atom. The predicted molar refractivity (Wildman–Crippen MR) is 66.4 cm³/mol. The molecule has 0 radical (unpaired) electrons. The van der Waals surface area contributed by atoms with Gasteiger partial charge in [-0.3, -0.25) is 9.89 Å². The summed E-state index contributed by atoms with van der Waals surface area (Å²) in [6.45, 7) is 1.76. The van der Waals surface area contributed by atoms with Crippen LogP contribution in [0.3, 0.4) is 0 Å². The number of aromatic amines is 1. The first-order chi connectivity index (χ1) is 8.58. The molecule has 2 aromatic rings. The minimum Gasteiger partial charge on any atom is -0.342 e. The van der Waals surface area contributed by atoms with Gasteiger partial charge in [-0.2, -0.15) is 5.10 Å². The van der Waals surface area contributed by atoms with Gasteiger partial charge in [-0.05, 0) is 41.1 Å². The second kappa shape index (κ2) is 5.26. The fourth-order valence-corrected chi connectivity index (χ4v) is 1.86. The molecule has 0 aliphatic heterocycles. The van der Waals surface area contributed by atoms with Crippen LogP contribution in [0.5, 0.6) is 0 Å². The summed E-state index contributed by atoms with van der Waals surface area (Å²) in [6.07, 6.45) is 1.36. The van der Waals surface area contributed by atoms with E-state index in [4.69, 9.17) is 0 Å². The standard InChI is InChI=1S/C11H10BrFN4O/c1-6(10-14-5-15-17-10)16-11(18)8-4-7(13)2-3-9(8)12/h2-6H,1H3,(H,16,18)(H,14,15,17). The highest BCUT2D eigenvalue weighted by Gasteiger charge is 2.16. The van der Waals surface area contributed by atoms with Gasteiger partial charge >= 0.3 is 0 Å². The van der Waals surface area contributed by atoms with Crippen molar-refractivity contribution in [2.45, 2.75) is 13.0 Å². The van der Waals surface area contributed by atoms with Gasteiger partial charge in [-0.25, -0.2) is 9.37 Å². The van der Waals surface area contributed by atoms with E-state index >= 15 is 0 Å². The third-order valence-corrected chi connectivity index (χ3v) is 3.06. The summed E-state index contributed by atoms with van der Waals surface area (Å²) in [6, 6.07) is 3.60. The van der Waals surface area contributed by atoms with Gasteiger partial charge in [0.15, 0.2) is 0 Å². The Balaban J connectivity index is 2.15. The van der Waals surface area contributed by atoms with Crippen molar-refractivity contribution >= 4 is 21.8 Å². The largest absolute Gasteiger partial charge is 0.342 e. The van der Waals surface area contributed by atoms with E-state index in [1.165, 1.54) is 24.5 Å². The minimum atomic E-state index is -0.462. The van der Waals surface area contributed by atoms with Crippen LogP contribution in [0.4, 0.5) is 4.39 Å². The van der Waals surface area contributed by atoms with Gasteiger partial charge < -0.3 is 5.32 Å². The summed E-state index contributed by atoms with van der Waals surface area (Å²) in [4.78, 5) is 15.9.